The van der Waals surface area contributed by atoms with Crippen molar-refractivity contribution in [2.24, 2.45) is 0 Å². The van der Waals surface area contributed by atoms with E-state index in [4.69, 9.17) is 18.1 Å². The van der Waals surface area contributed by atoms with Crippen molar-refractivity contribution in [2.75, 3.05) is 26.4 Å². The standard InChI is InChI=1S/2C8H16O3P.Pb/c2*1-3-5-6-8-11-12(9)10-7-4-2;/h2*4H,2-3,5-8H2,1H3;/q2*-1;+2. The molecule has 146 valence electrons. The van der Waals surface area contributed by atoms with Gasteiger partial charge in [-0.25, -0.2) is 0 Å². The third-order valence-electron chi connectivity index (χ3n) is 2.48. The fraction of sp³-hybridized carbons (Fsp3) is 0.750. The number of rotatable bonds is 16. The minimum Gasteiger partial charge on any atom is -0.786 e. The van der Waals surface area contributed by atoms with Crippen molar-refractivity contribution >= 4 is 44.5 Å². The van der Waals surface area contributed by atoms with Crippen LogP contribution in [-0.4, -0.2) is 53.7 Å². The predicted molar refractivity (Wildman–Crippen MR) is 103 cm³/mol. The van der Waals surface area contributed by atoms with Gasteiger partial charge in [-0.2, -0.15) is 0 Å². The minimum absolute atomic E-state index is 0. The molecule has 2 unspecified atom stereocenters. The normalized spacial score (nSPS) is 12.3. The van der Waals surface area contributed by atoms with Gasteiger partial charge in [0, 0.05) is 0 Å². The Bertz CT molecular complexity index is 249. The molecule has 0 aromatic carbocycles. The van der Waals surface area contributed by atoms with Crippen LogP contribution in [0.2, 0.25) is 0 Å². The van der Waals surface area contributed by atoms with Gasteiger partial charge in [0.25, 0.3) is 0 Å². The van der Waals surface area contributed by atoms with E-state index in [0.29, 0.717) is 13.2 Å². The minimum atomic E-state index is -1.92. The summed E-state index contributed by atoms with van der Waals surface area (Å²) in [6, 6.07) is 0. The summed E-state index contributed by atoms with van der Waals surface area (Å²) in [6.07, 6.45) is 9.44. The van der Waals surface area contributed by atoms with Crippen molar-refractivity contribution in [2.45, 2.75) is 52.4 Å². The molecule has 25 heavy (non-hydrogen) atoms. The summed E-state index contributed by atoms with van der Waals surface area (Å²) < 4.78 is 19.3. The van der Waals surface area contributed by atoms with Gasteiger partial charge in [0.05, 0.1) is 43.6 Å². The van der Waals surface area contributed by atoms with Crippen molar-refractivity contribution in [3.63, 3.8) is 0 Å². The van der Waals surface area contributed by atoms with E-state index >= 15 is 0 Å². The van der Waals surface area contributed by atoms with Crippen LogP contribution in [0.4, 0.5) is 0 Å². The van der Waals surface area contributed by atoms with Crippen LogP contribution in [0.15, 0.2) is 25.3 Å². The average Bonchev–Trinajstić information content (AvgIpc) is 2.59. The molecule has 0 bridgehead atoms. The Morgan fingerprint density at radius 2 is 1.08 bits per heavy atom. The Balaban J connectivity index is -0.000000372. The first-order valence-corrected chi connectivity index (χ1v) is 10.5. The Morgan fingerprint density at radius 3 is 1.36 bits per heavy atom. The van der Waals surface area contributed by atoms with Gasteiger partial charge in [0.2, 0.25) is 0 Å². The first-order valence-electron chi connectivity index (χ1n) is 8.30. The second-order valence-corrected chi connectivity index (χ2v) is 6.62. The predicted octanol–water partition coefficient (Wildman–Crippen LogP) is 3.59. The van der Waals surface area contributed by atoms with Gasteiger partial charge in [-0.3, -0.25) is 0 Å². The molecule has 0 fully saturated rings. The Hall–Kier alpha value is 1.02. The molecule has 0 heterocycles. The molecule has 0 aromatic heterocycles. The molecule has 0 saturated heterocycles. The molecule has 0 aromatic rings. The van der Waals surface area contributed by atoms with Crippen LogP contribution >= 0.6 is 17.2 Å². The molecule has 2 atom stereocenters. The summed E-state index contributed by atoms with van der Waals surface area (Å²) in [5.41, 5.74) is 0. The molecule has 0 aliphatic heterocycles. The zero-order valence-corrected chi connectivity index (χ0v) is 21.2. The summed E-state index contributed by atoms with van der Waals surface area (Å²) in [5.74, 6) is 0. The summed E-state index contributed by atoms with van der Waals surface area (Å²) in [6.45, 7) is 12.7. The van der Waals surface area contributed by atoms with Gasteiger partial charge < -0.3 is 27.9 Å². The van der Waals surface area contributed by atoms with Gasteiger partial charge in [0.1, 0.15) is 0 Å². The van der Waals surface area contributed by atoms with Crippen LogP contribution in [-0.2, 0) is 18.1 Å². The van der Waals surface area contributed by atoms with Crippen molar-refractivity contribution in [3.8, 4) is 0 Å². The molecular weight excluding hydrogens is 557 g/mol. The average molecular weight is 590 g/mol. The van der Waals surface area contributed by atoms with Crippen LogP contribution in [0.25, 0.3) is 0 Å². The molecule has 0 amide bonds. The van der Waals surface area contributed by atoms with E-state index in [2.05, 4.69) is 27.0 Å². The largest absolute Gasteiger partial charge is 2.00 e. The van der Waals surface area contributed by atoms with Crippen LogP contribution in [0.5, 0.6) is 0 Å². The van der Waals surface area contributed by atoms with E-state index in [9.17, 15) is 9.79 Å². The Morgan fingerprint density at radius 1 is 0.720 bits per heavy atom. The van der Waals surface area contributed by atoms with Crippen LogP contribution in [0.1, 0.15) is 52.4 Å². The van der Waals surface area contributed by atoms with E-state index in [0.717, 1.165) is 38.5 Å². The summed E-state index contributed by atoms with van der Waals surface area (Å²) in [7, 11) is -3.85. The monoisotopic (exact) mass is 590 g/mol. The SMILES string of the molecule is C=CCOP([O-])OCCCCC.C=CCOP([O-])OCCCCC.[Pb+2]. The van der Waals surface area contributed by atoms with Crippen molar-refractivity contribution < 1.29 is 27.9 Å². The summed E-state index contributed by atoms with van der Waals surface area (Å²) >= 11 is 0. The number of unbranched alkanes of at least 4 members (excludes halogenated alkanes) is 4. The third kappa shape index (κ3) is 30.0. The Labute approximate surface area is 176 Å². The van der Waals surface area contributed by atoms with Crippen molar-refractivity contribution in [3.05, 3.63) is 25.3 Å². The molecule has 0 saturated carbocycles. The van der Waals surface area contributed by atoms with Gasteiger partial charge in [-0.1, -0.05) is 51.7 Å². The second-order valence-electron chi connectivity index (χ2n) is 4.70. The molecule has 2 radical (unpaired) electrons. The fourth-order valence-corrected chi connectivity index (χ4v) is 2.44. The molecule has 9 heteroatoms. The molecule has 0 N–H and O–H groups in total. The van der Waals surface area contributed by atoms with Gasteiger partial charge in [0.15, 0.2) is 0 Å². The summed E-state index contributed by atoms with van der Waals surface area (Å²) in [5, 5.41) is 0. The van der Waals surface area contributed by atoms with E-state index in [1.807, 2.05) is 0 Å². The molecule has 0 spiro atoms. The third-order valence-corrected chi connectivity index (χ3v) is 3.99. The van der Waals surface area contributed by atoms with E-state index in [1.165, 1.54) is 0 Å². The molecule has 0 aliphatic carbocycles. The van der Waals surface area contributed by atoms with Crippen LogP contribution in [0.3, 0.4) is 0 Å². The molecule has 6 nitrogen and oxygen atoms in total. The van der Waals surface area contributed by atoms with Crippen molar-refractivity contribution in [1.82, 2.24) is 0 Å². The van der Waals surface area contributed by atoms with Gasteiger partial charge in [-0.05, 0) is 12.8 Å². The van der Waals surface area contributed by atoms with E-state index in [-0.39, 0.29) is 40.5 Å². The van der Waals surface area contributed by atoms with E-state index < -0.39 is 17.2 Å². The first kappa shape index (κ1) is 30.7. The number of hydrogen-bond acceptors (Lipinski definition) is 6. The molecular formula is C16H32O6P2Pb. The second kappa shape index (κ2) is 27.2. The zero-order valence-electron chi connectivity index (χ0n) is 15.5. The Kier molecular flexibility index (Phi) is 33.5. The van der Waals surface area contributed by atoms with Gasteiger partial charge in [-0.15, -0.1) is 13.2 Å². The maximum atomic E-state index is 10.8. The zero-order chi connectivity index (χ0) is 18.5. The maximum absolute atomic E-state index is 10.8. The quantitative estimate of drug-likeness (QED) is 0.119. The fourth-order valence-electron chi connectivity index (χ4n) is 1.28. The van der Waals surface area contributed by atoms with Crippen LogP contribution in [0, 0.1) is 0 Å². The molecule has 0 aliphatic rings. The maximum Gasteiger partial charge on any atom is 2.00 e. The molecule has 0 rings (SSSR count). The van der Waals surface area contributed by atoms with Gasteiger partial charge >= 0.3 is 27.3 Å². The van der Waals surface area contributed by atoms with Crippen LogP contribution < -0.4 is 9.79 Å². The number of hydrogen-bond donors (Lipinski definition) is 0. The van der Waals surface area contributed by atoms with E-state index in [1.54, 1.807) is 12.2 Å². The topological polar surface area (TPSA) is 83.0 Å². The summed E-state index contributed by atoms with van der Waals surface area (Å²) in [4.78, 5) is 21.6. The smallest absolute Gasteiger partial charge is 0.786 e. The first-order chi connectivity index (χ1) is 11.6. The van der Waals surface area contributed by atoms with Crippen molar-refractivity contribution in [1.29, 1.82) is 0 Å².